The van der Waals surface area contributed by atoms with Crippen LogP contribution in [0.25, 0.3) is 16.9 Å². The highest BCUT2D eigenvalue weighted by Gasteiger charge is 2.18. The van der Waals surface area contributed by atoms with E-state index in [1.807, 2.05) is 60.7 Å². The number of hydrogen-bond donors (Lipinski definition) is 2. The van der Waals surface area contributed by atoms with Crippen LogP contribution in [0.1, 0.15) is 5.69 Å². The smallest absolute Gasteiger partial charge is 0.295 e. The summed E-state index contributed by atoms with van der Waals surface area (Å²) in [6.45, 7) is 1.77. The number of amides is 1. The molecule has 2 N–H and O–H groups in total. The summed E-state index contributed by atoms with van der Waals surface area (Å²) < 4.78 is 3.20. The van der Waals surface area contributed by atoms with Gasteiger partial charge in [-0.15, -0.1) is 0 Å². The van der Waals surface area contributed by atoms with E-state index in [2.05, 4.69) is 15.3 Å². The molecule has 0 aliphatic rings. The van der Waals surface area contributed by atoms with Gasteiger partial charge < -0.3 is 10.3 Å². The molecule has 1 amide bonds. The molecule has 32 heavy (non-hydrogen) atoms. The minimum Gasteiger partial charge on any atom is -0.319 e. The number of aromatic nitrogens is 4. The summed E-state index contributed by atoms with van der Waals surface area (Å²) in [5.41, 5.74) is 2.29. The SMILES string of the molecule is Cc1c(NC(=O)CSc2nc(-c3ccccc3)cc(=O)[nH]2)c(=O)n(-c2ccccc2)n1C. The quantitative estimate of drug-likeness (QED) is 0.350. The number of nitrogens with one attached hydrogen (secondary N) is 2. The van der Waals surface area contributed by atoms with E-state index in [4.69, 9.17) is 0 Å². The normalized spacial score (nSPS) is 10.8. The highest BCUT2D eigenvalue weighted by Crippen LogP contribution is 2.19. The van der Waals surface area contributed by atoms with Gasteiger partial charge in [0.05, 0.1) is 22.8 Å². The molecule has 9 heteroatoms. The number of H-pyrrole nitrogens is 1. The van der Waals surface area contributed by atoms with Crippen LogP contribution in [0.5, 0.6) is 0 Å². The maximum atomic E-state index is 12.9. The van der Waals surface area contributed by atoms with E-state index in [1.165, 1.54) is 10.7 Å². The predicted octanol–water partition coefficient (Wildman–Crippen LogP) is 2.97. The van der Waals surface area contributed by atoms with Crippen molar-refractivity contribution in [2.24, 2.45) is 7.05 Å². The van der Waals surface area contributed by atoms with Crippen LogP contribution in [-0.2, 0) is 11.8 Å². The fourth-order valence-electron chi connectivity index (χ4n) is 3.28. The van der Waals surface area contributed by atoms with Crippen molar-refractivity contribution < 1.29 is 4.79 Å². The van der Waals surface area contributed by atoms with E-state index in [1.54, 1.807) is 18.7 Å². The number of carbonyl (C=O) groups excluding carboxylic acids is 1. The van der Waals surface area contributed by atoms with Crippen LogP contribution >= 0.6 is 11.8 Å². The highest BCUT2D eigenvalue weighted by molar-refractivity contribution is 7.99. The van der Waals surface area contributed by atoms with Crippen molar-refractivity contribution in [1.82, 2.24) is 19.3 Å². The molecule has 0 fully saturated rings. The Morgan fingerprint density at radius 3 is 2.41 bits per heavy atom. The Morgan fingerprint density at radius 1 is 1.06 bits per heavy atom. The summed E-state index contributed by atoms with van der Waals surface area (Å²) >= 11 is 1.10. The van der Waals surface area contributed by atoms with Crippen molar-refractivity contribution in [1.29, 1.82) is 0 Å². The molecule has 0 unspecified atom stereocenters. The number of aromatic amines is 1. The Kier molecular flexibility index (Phi) is 6.09. The number of rotatable bonds is 6. The van der Waals surface area contributed by atoms with E-state index < -0.39 is 0 Å². The molecular formula is C23H21N5O3S. The average molecular weight is 448 g/mol. The van der Waals surface area contributed by atoms with Gasteiger partial charge >= 0.3 is 0 Å². The molecule has 0 spiro atoms. The second-order valence-corrected chi connectivity index (χ2v) is 8.04. The summed E-state index contributed by atoms with van der Waals surface area (Å²) in [5, 5.41) is 3.04. The topological polar surface area (TPSA) is 102 Å². The third-order valence-corrected chi connectivity index (χ3v) is 5.82. The minimum atomic E-state index is -0.367. The van der Waals surface area contributed by atoms with Gasteiger partial charge in [-0.1, -0.05) is 60.3 Å². The van der Waals surface area contributed by atoms with Gasteiger partial charge in [-0.05, 0) is 19.1 Å². The van der Waals surface area contributed by atoms with Crippen LogP contribution in [-0.4, -0.2) is 31.0 Å². The zero-order valence-electron chi connectivity index (χ0n) is 17.5. The van der Waals surface area contributed by atoms with Crippen LogP contribution in [0, 0.1) is 6.92 Å². The number of carbonyl (C=O) groups is 1. The molecule has 0 radical (unpaired) electrons. The van der Waals surface area contributed by atoms with E-state index in [-0.39, 0.29) is 28.5 Å². The van der Waals surface area contributed by atoms with E-state index >= 15 is 0 Å². The van der Waals surface area contributed by atoms with Crippen molar-refractivity contribution in [2.75, 3.05) is 11.1 Å². The van der Waals surface area contributed by atoms with E-state index in [0.29, 0.717) is 22.2 Å². The van der Waals surface area contributed by atoms with Gasteiger partial charge in [0.2, 0.25) is 5.91 Å². The van der Waals surface area contributed by atoms with Crippen LogP contribution in [0.2, 0.25) is 0 Å². The summed E-state index contributed by atoms with van der Waals surface area (Å²) in [6.07, 6.45) is 0. The molecule has 2 aromatic carbocycles. The van der Waals surface area contributed by atoms with Crippen molar-refractivity contribution >= 4 is 23.4 Å². The molecule has 2 aromatic heterocycles. The van der Waals surface area contributed by atoms with Gasteiger partial charge in [0, 0.05) is 18.7 Å². The van der Waals surface area contributed by atoms with Crippen molar-refractivity contribution in [3.63, 3.8) is 0 Å². The molecule has 2 heterocycles. The van der Waals surface area contributed by atoms with Crippen LogP contribution in [0.3, 0.4) is 0 Å². The molecule has 4 rings (SSSR count). The first-order valence-corrected chi connectivity index (χ1v) is 10.9. The van der Waals surface area contributed by atoms with Gasteiger partial charge in [0.25, 0.3) is 11.1 Å². The second kappa shape index (κ2) is 9.11. The Balaban J connectivity index is 1.51. The van der Waals surface area contributed by atoms with Gasteiger partial charge in [0.15, 0.2) is 5.16 Å². The monoisotopic (exact) mass is 447 g/mol. The van der Waals surface area contributed by atoms with Crippen molar-refractivity contribution in [3.05, 3.63) is 93.1 Å². The molecular weight excluding hydrogens is 426 g/mol. The largest absolute Gasteiger partial charge is 0.319 e. The first kappa shape index (κ1) is 21.4. The Labute approximate surface area is 187 Å². The molecule has 0 saturated heterocycles. The lowest BCUT2D eigenvalue weighted by Crippen LogP contribution is -2.23. The van der Waals surface area contributed by atoms with Gasteiger partial charge in [-0.25, -0.2) is 9.67 Å². The Morgan fingerprint density at radius 2 is 1.72 bits per heavy atom. The molecule has 162 valence electrons. The van der Waals surface area contributed by atoms with Gasteiger partial charge in [0.1, 0.15) is 5.69 Å². The molecule has 0 aliphatic carbocycles. The lowest BCUT2D eigenvalue weighted by Gasteiger charge is -2.07. The molecule has 0 saturated carbocycles. The van der Waals surface area contributed by atoms with E-state index in [0.717, 1.165) is 17.3 Å². The van der Waals surface area contributed by atoms with E-state index in [9.17, 15) is 14.4 Å². The maximum Gasteiger partial charge on any atom is 0.295 e. The predicted molar refractivity (Wildman–Crippen MR) is 125 cm³/mol. The van der Waals surface area contributed by atoms with Gasteiger partial charge in [-0.2, -0.15) is 0 Å². The first-order chi connectivity index (χ1) is 15.4. The third kappa shape index (κ3) is 4.42. The molecule has 4 aromatic rings. The van der Waals surface area contributed by atoms with Crippen LogP contribution < -0.4 is 16.4 Å². The summed E-state index contributed by atoms with van der Waals surface area (Å²) in [4.78, 5) is 44.6. The molecule has 0 aliphatic heterocycles. The van der Waals surface area contributed by atoms with Gasteiger partial charge in [-0.3, -0.25) is 19.1 Å². The standard InChI is InChI=1S/C23H21N5O3S/c1-15-21(22(31)28(27(15)2)17-11-7-4-8-12-17)25-20(30)14-32-23-24-18(13-19(29)26-23)16-9-5-3-6-10-16/h3-13H,14H2,1-2H3,(H,25,30)(H,24,26,29). The lowest BCUT2D eigenvalue weighted by atomic mass is 10.1. The Hall–Kier alpha value is -3.85. The number of nitrogens with zero attached hydrogens (tertiary/aromatic N) is 3. The van der Waals surface area contributed by atoms with Crippen molar-refractivity contribution in [3.8, 4) is 16.9 Å². The first-order valence-electron chi connectivity index (χ1n) is 9.87. The number of hydrogen-bond acceptors (Lipinski definition) is 5. The summed E-state index contributed by atoms with van der Waals surface area (Å²) in [5.74, 6) is -0.380. The zero-order valence-corrected chi connectivity index (χ0v) is 18.3. The Bertz CT molecular complexity index is 1370. The summed E-state index contributed by atoms with van der Waals surface area (Å²) in [7, 11) is 1.76. The summed E-state index contributed by atoms with van der Waals surface area (Å²) in [6, 6.07) is 20.0. The van der Waals surface area contributed by atoms with Crippen LogP contribution in [0.4, 0.5) is 5.69 Å². The third-order valence-electron chi connectivity index (χ3n) is 4.95. The molecule has 0 bridgehead atoms. The highest BCUT2D eigenvalue weighted by atomic mass is 32.2. The fraction of sp³-hybridized carbons (Fsp3) is 0.130. The van der Waals surface area contributed by atoms with Crippen LogP contribution in [0.15, 0.2) is 81.5 Å². The number of para-hydroxylation sites is 1. The fourth-order valence-corrected chi connectivity index (χ4v) is 3.96. The number of thioether (sulfide) groups is 1. The average Bonchev–Trinajstić information content (AvgIpc) is 3.01. The number of anilines is 1. The lowest BCUT2D eigenvalue weighted by molar-refractivity contribution is -0.113. The molecule has 8 nitrogen and oxygen atoms in total. The second-order valence-electron chi connectivity index (χ2n) is 7.08. The maximum absolute atomic E-state index is 12.9. The zero-order chi connectivity index (χ0) is 22.7. The number of benzene rings is 2. The van der Waals surface area contributed by atoms with Crippen molar-refractivity contribution in [2.45, 2.75) is 12.1 Å². The minimum absolute atomic E-state index is 0.0136. The molecule has 0 atom stereocenters.